The van der Waals surface area contributed by atoms with Gasteiger partial charge in [0, 0.05) is 24.2 Å². The van der Waals surface area contributed by atoms with Crippen molar-refractivity contribution in [2.45, 2.75) is 38.6 Å². The van der Waals surface area contributed by atoms with Gasteiger partial charge in [-0.05, 0) is 44.9 Å². The molecule has 1 fully saturated rings. The minimum atomic E-state index is -0.816. The monoisotopic (exact) mass is 368 g/mol. The summed E-state index contributed by atoms with van der Waals surface area (Å²) in [5.74, 6) is -0.694. The predicted molar refractivity (Wildman–Crippen MR) is 99.9 cm³/mol. The van der Waals surface area contributed by atoms with Gasteiger partial charge in [-0.3, -0.25) is 9.48 Å². The Labute approximate surface area is 156 Å². The van der Waals surface area contributed by atoms with Crippen LogP contribution in [0.3, 0.4) is 0 Å². The van der Waals surface area contributed by atoms with Gasteiger partial charge in [0.25, 0.3) is 0 Å². The normalized spacial score (nSPS) is 20.0. The summed E-state index contributed by atoms with van der Waals surface area (Å²) in [6, 6.07) is 6.63. The Morgan fingerprint density at radius 3 is 2.89 bits per heavy atom. The summed E-state index contributed by atoms with van der Waals surface area (Å²) in [5, 5.41) is 18.0. The van der Waals surface area contributed by atoms with Crippen molar-refractivity contribution in [2.75, 3.05) is 6.54 Å². The molecule has 0 unspecified atom stereocenters. The van der Waals surface area contributed by atoms with Crippen molar-refractivity contribution < 1.29 is 14.3 Å². The van der Waals surface area contributed by atoms with Crippen LogP contribution in [-0.2, 0) is 16.8 Å². The number of aromatic hydroxyl groups is 1. The smallest absolute Gasteiger partial charge is 0.230 e. The van der Waals surface area contributed by atoms with E-state index in [4.69, 9.17) is 0 Å². The summed E-state index contributed by atoms with van der Waals surface area (Å²) in [6.07, 6.45) is 2.99. The summed E-state index contributed by atoms with van der Waals surface area (Å²) in [5.41, 5.74) is 1.35. The Morgan fingerprint density at radius 1 is 1.37 bits per heavy atom. The number of carbonyl (C=O) groups excluding carboxylic acids is 1. The van der Waals surface area contributed by atoms with Crippen LogP contribution >= 0.6 is 0 Å². The number of pyridine rings is 1. The molecule has 0 radical (unpaired) electrons. The molecule has 140 valence electrons. The Bertz CT molecular complexity index is 1050. The van der Waals surface area contributed by atoms with Crippen LogP contribution in [-0.4, -0.2) is 32.3 Å². The lowest BCUT2D eigenvalue weighted by Crippen LogP contribution is -2.47. The fraction of sp³-hybridized carbons (Fsp3) is 0.350. The molecule has 2 aromatic heterocycles. The molecule has 3 aromatic rings. The zero-order chi connectivity index (χ0) is 19.2. The number of benzene rings is 1. The lowest BCUT2D eigenvalue weighted by Gasteiger charge is -2.33. The van der Waals surface area contributed by atoms with Crippen molar-refractivity contribution in [2.24, 2.45) is 0 Å². The molecule has 1 aliphatic heterocycles. The molecule has 4 rings (SSSR count). The highest BCUT2D eigenvalue weighted by Crippen LogP contribution is 2.37. The molecule has 6 nitrogen and oxygen atoms in total. The summed E-state index contributed by atoms with van der Waals surface area (Å²) in [6.45, 7) is 5.01. The number of amides is 1. The third kappa shape index (κ3) is 2.74. The van der Waals surface area contributed by atoms with Gasteiger partial charge in [-0.2, -0.15) is 5.10 Å². The van der Waals surface area contributed by atoms with Gasteiger partial charge in [-0.15, -0.1) is 0 Å². The van der Waals surface area contributed by atoms with E-state index >= 15 is 0 Å². The van der Waals surface area contributed by atoms with Crippen LogP contribution in [0.25, 0.3) is 22.2 Å². The van der Waals surface area contributed by atoms with Crippen LogP contribution in [0.4, 0.5) is 4.39 Å². The van der Waals surface area contributed by atoms with Gasteiger partial charge in [-0.25, -0.2) is 9.37 Å². The van der Waals surface area contributed by atoms with E-state index in [1.165, 1.54) is 12.3 Å². The molecular weight excluding hydrogens is 347 g/mol. The van der Waals surface area contributed by atoms with E-state index in [-0.39, 0.29) is 17.6 Å². The van der Waals surface area contributed by atoms with Gasteiger partial charge in [0.1, 0.15) is 5.82 Å². The molecule has 3 heterocycles. The molecule has 27 heavy (non-hydrogen) atoms. The number of hydrogen-bond acceptors (Lipinski definition) is 4. The Balaban J connectivity index is 1.79. The largest absolute Gasteiger partial charge is 0.493 e. The fourth-order valence-corrected chi connectivity index (χ4v) is 3.78. The number of nitrogens with one attached hydrogen (secondary N) is 1. The van der Waals surface area contributed by atoms with Crippen molar-refractivity contribution >= 4 is 16.8 Å². The second kappa shape index (κ2) is 6.33. The average molecular weight is 368 g/mol. The van der Waals surface area contributed by atoms with Crippen molar-refractivity contribution in [3.63, 3.8) is 0 Å². The third-order valence-electron chi connectivity index (χ3n) is 5.42. The highest BCUT2D eigenvalue weighted by molar-refractivity contribution is 5.89. The maximum absolute atomic E-state index is 14.5. The summed E-state index contributed by atoms with van der Waals surface area (Å²) >= 11 is 0. The maximum Gasteiger partial charge on any atom is 0.230 e. The highest BCUT2D eigenvalue weighted by Gasteiger charge is 2.39. The second-order valence-corrected chi connectivity index (χ2v) is 7.11. The van der Waals surface area contributed by atoms with Crippen molar-refractivity contribution in [1.29, 1.82) is 0 Å². The van der Waals surface area contributed by atoms with Gasteiger partial charge in [0.05, 0.1) is 28.2 Å². The molecule has 1 atom stereocenters. The van der Waals surface area contributed by atoms with Gasteiger partial charge >= 0.3 is 0 Å². The molecule has 7 heteroatoms. The summed E-state index contributed by atoms with van der Waals surface area (Å²) < 4.78 is 16.2. The van der Waals surface area contributed by atoms with Crippen LogP contribution in [0.15, 0.2) is 30.5 Å². The van der Waals surface area contributed by atoms with Crippen LogP contribution in [0, 0.1) is 5.82 Å². The fourth-order valence-electron chi connectivity index (χ4n) is 3.78. The zero-order valence-electron chi connectivity index (χ0n) is 15.3. The van der Waals surface area contributed by atoms with E-state index in [1.54, 1.807) is 16.8 Å². The van der Waals surface area contributed by atoms with Gasteiger partial charge < -0.3 is 10.4 Å². The van der Waals surface area contributed by atoms with E-state index in [0.717, 1.165) is 6.42 Å². The molecular formula is C20H21FN4O2. The molecule has 2 N–H and O–H groups in total. The number of rotatable bonds is 3. The number of halogens is 1. The van der Waals surface area contributed by atoms with E-state index in [0.29, 0.717) is 47.2 Å². The van der Waals surface area contributed by atoms with Gasteiger partial charge in [0.2, 0.25) is 11.8 Å². The predicted octanol–water partition coefficient (Wildman–Crippen LogP) is 3.13. The highest BCUT2D eigenvalue weighted by atomic mass is 19.1. The molecule has 0 aliphatic carbocycles. The second-order valence-electron chi connectivity index (χ2n) is 7.11. The van der Waals surface area contributed by atoms with Crippen LogP contribution in [0.1, 0.15) is 32.3 Å². The topological polar surface area (TPSA) is 80.0 Å². The molecule has 1 aliphatic rings. The van der Waals surface area contributed by atoms with Crippen LogP contribution in [0.5, 0.6) is 5.88 Å². The number of fused-ring (bicyclic) bond motifs is 1. The number of carbonyl (C=O) groups is 1. The number of hydrogen-bond donors (Lipinski definition) is 2. The first-order valence-corrected chi connectivity index (χ1v) is 9.08. The quantitative estimate of drug-likeness (QED) is 0.744. The minimum absolute atomic E-state index is 0.113. The van der Waals surface area contributed by atoms with Crippen LogP contribution < -0.4 is 5.32 Å². The number of aryl methyl sites for hydroxylation is 1. The SMILES string of the molecule is CCn1ncc2c(F)cc(-c3ccc([C@@]4(C)CCCNC4=O)c(O)n3)cc21. The number of aromatic nitrogens is 3. The van der Waals surface area contributed by atoms with E-state index in [9.17, 15) is 14.3 Å². The minimum Gasteiger partial charge on any atom is -0.493 e. The molecule has 0 saturated carbocycles. The van der Waals surface area contributed by atoms with Crippen molar-refractivity contribution in [1.82, 2.24) is 20.1 Å². The summed E-state index contributed by atoms with van der Waals surface area (Å²) in [4.78, 5) is 16.6. The zero-order valence-corrected chi connectivity index (χ0v) is 15.3. The van der Waals surface area contributed by atoms with Gasteiger partial charge in [-0.1, -0.05) is 6.07 Å². The van der Waals surface area contributed by atoms with Gasteiger partial charge in [0.15, 0.2) is 0 Å². The molecule has 1 saturated heterocycles. The van der Waals surface area contributed by atoms with E-state index in [2.05, 4.69) is 15.4 Å². The average Bonchev–Trinajstić information content (AvgIpc) is 3.07. The first-order chi connectivity index (χ1) is 12.9. The lowest BCUT2D eigenvalue weighted by atomic mass is 9.76. The first kappa shape index (κ1) is 17.5. The van der Waals surface area contributed by atoms with E-state index in [1.807, 2.05) is 19.9 Å². The Hall–Kier alpha value is -2.96. The summed E-state index contributed by atoms with van der Waals surface area (Å²) in [7, 11) is 0. The first-order valence-electron chi connectivity index (χ1n) is 9.08. The Kier molecular flexibility index (Phi) is 4.09. The molecule has 1 amide bonds. The standard InChI is InChI=1S/C20H21FN4O2/c1-3-25-17-10-12(9-15(21)13(17)11-23-25)16-6-5-14(18(26)24-16)20(2)7-4-8-22-19(20)27/h5-6,9-11H,3-4,7-8H2,1-2H3,(H,22,27)(H,24,26)/t20-/m1/s1. The lowest BCUT2D eigenvalue weighted by molar-refractivity contribution is -0.128. The van der Waals surface area contributed by atoms with E-state index < -0.39 is 5.41 Å². The van der Waals surface area contributed by atoms with Crippen LogP contribution in [0.2, 0.25) is 0 Å². The third-order valence-corrected chi connectivity index (χ3v) is 5.42. The molecule has 0 spiro atoms. The molecule has 1 aromatic carbocycles. The molecule has 0 bridgehead atoms. The van der Waals surface area contributed by atoms with Crippen molar-refractivity contribution in [3.8, 4) is 17.1 Å². The Morgan fingerprint density at radius 2 is 2.19 bits per heavy atom. The number of piperidine rings is 1. The maximum atomic E-state index is 14.5. The van der Waals surface area contributed by atoms with Crippen molar-refractivity contribution in [3.05, 3.63) is 41.8 Å². The number of nitrogens with zero attached hydrogens (tertiary/aromatic N) is 3.